The molecule has 0 aliphatic carbocycles. The zero-order chi connectivity index (χ0) is 26.9. The number of ether oxygens (including phenoxy) is 2. The highest BCUT2D eigenvalue weighted by Gasteiger charge is 2.16. The molecule has 7 nitrogen and oxygen atoms in total. The number of anilines is 2. The lowest BCUT2D eigenvalue weighted by Crippen LogP contribution is -2.21. The van der Waals surface area contributed by atoms with Crippen LogP contribution in [0.2, 0.25) is 5.02 Å². The molecule has 37 heavy (non-hydrogen) atoms. The van der Waals surface area contributed by atoms with Crippen molar-refractivity contribution in [2.75, 3.05) is 23.8 Å². The van der Waals surface area contributed by atoms with Gasteiger partial charge in [0.15, 0.2) is 18.1 Å². The number of nitriles is 1. The molecule has 0 bridgehead atoms. The summed E-state index contributed by atoms with van der Waals surface area (Å²) < 4.78 is 12.2. The minimum Gasteiger partial charge on any atom is -0.490 e. The number of carbonyl (C=O) groups excluding carboxylic acids is 2. The van der Waals surface area contributed by atoms with Crippen LogP contribution in [0.25, 0.3) is 6.08 Å². The van der Waals surface area contributed by atoms with Crippen molar-refractivity contribution in [2.24, 2.45) is 0 Å². The molecule has 3 aromatic carbocycles. The molecule has 2 N–H and O–H groups in total. The van der Waals surface area contributed by atoms with Gasteiger partial charge in [-0.25, -0.2) is 0 Å². The van der Waals surface area contributed by atoms with Crippen LogP contribution in [-0.2, 0) is 9.59 Å². The Morgan fingerprint density at radius 2 is 1.81 bits per heavy atom. The van der Waals surface area contributed by atoms with Gasteiger partial charge in [0.2, 0.25) is 0 Å². The predicted molar refractivity (Wildman–Crippen MR) is 154 cm³/mol. The topological polar surface area (TPSA) is 100 Å². The third-order valence-electron chi connectivity index (χ3n) is 5.14. The molecule has 2 amide bonds. The van der Waals surface area contributed by atoms with Gasteiger partial charge in [-0.15, -0.1) is 0 Å². The molecule has 0 radical (unpaired) electrons. The minimum atomic E-state index is -0.591. The van der Waals surface area contributed by atoms with Crippen molar-refractivity contribution in [1.29, 1.82) is 5.26 Å². The maximum Gasteiger partial charge on any atom is 0.266 e. The largest absolute Gasteiger partial charge is 0.490 e. The van der Waals surface area contributed by atoms with Crippen molar-refractivity contribution in [3.63, 3.8) is 0 Å². The number of halogens is 2. The number of rotatable bonds is 9. The lowest BCUT2D eigenvalue weighted by Gasteiger charge is -2.15. The first-order valence-corrected chi connectivity index (χ1v) is 12.8. The Kier molecular flexibility index (Phi) is 9.94. The fraction of sp³-hybridized carbons (Fsp3) is 0.179. The van der Waals surface area contributed by atoms with E-state index in [2.05, 4.69) is 33.2 Å². The molecule has 0 unspecified atom stereocenters. The molecule has 0 atom stereocenters. The van der Waals surface area contributed by atoms with Gasteiger partial charge in [0.05, 0.1) is 20.9 Å². The normalized spacial score (nSPS) is 10.9. The van der Waals surface area contributed by atoms with Crippen LogP contribution in [0.4, 0.5) is 11.4 Å². The summed E-state index contributed by atoms with van der Waals surface area (Å²) in [4.78, 5) is 25.2. The molecule has 9 heteroatoms. The summed E-state index contributed by atoms with van der Waals surface area (Å²) in [5, 5.41) is 15.5. The Bertz CT molecular complexity index is 1400. The maximum absolute atomic E-state index is 12.7. The molecular formula is C28H25ClIN3O4. The lowest BCUT2D eigenvalue weighted by atomic mass is 10.1. The van der Waals surface area contributed by atoms with Gasteiger partial charge >= 0.3 is 0 Å². The molecule has 0 heterocycles. The van der Waals surface area contributed by atoms with Crippen molar-refractivity contribution < 1.29 is 19.1 Å². The van der Waals surface area contributed by atoms with Crippen LogP contribution in [0.1, 0.15) is 23.6 Å². The molecule has 0 saturated carbocycles. The third-order valence-corrected chi connectivity index (χ3v) is 6.28. The summed E-state index contributed by atoms with van der Waals surface area (Å²) in [5.41, 5.74) is 3.57. The van der Waals surface area contributed by atoms with Crippen LogP contribution >= 0.6 is 34.2 Å². The maximum atomic E-state index is 12.7. The van der Waals surface area contributed by atoms with Crippen LogP contribution in [-0.4, -0.2) is 25.0 Å². The van der Waals surface area contributed by atoms with Crippen LogP contribution < -0.4 is 20.1 Å². The SMILES string of the molecule is CCOc1cc(/C=C(\C#N)C(=O)Nc2ccccc2Cl)cc(I)c1OCC(=O)Nc1cc(C)ccc1C. The van der Waals surface area contributed by atoms with Gasteiger partial charge in [-0.2, -0.15) is 5.26 Å². The first kappa shape index (κ1) is 28.0. The molecule has 0 aromatic heterocycles. The zero-order valence-corrected chi connectivity index (χ0v) is 23.4. The Morgan fingerprint density at radius 1 is 1.05 bits per heavy atom. The molecule has 0 saturated heterocycles. The summed E-state index contributed by atoms with van der Waals surface area (Å²) in [5.74, 6) is -0.107. The van der Waals surface area contributed by atoms with E-state index in [1.807, 2.05) is 45.0 Å². The second-order valence-electron chi connectivity index (χ2n) is 8.02. The van der Waals surface area contributed by atoms with E-state index in [1.165, 1.54) is 6.08 Å². The summed E-state index contributed by atoms with van der Waals surface area (Å²) >= 11 is 8.17. The molecule has 0 spiro atoms. The number of nitrogens with one attached hydrogen (secondary N) is 2. The van der Waals surface area contributed by atoms with Crippen molar-refractivity contribution in [3.05, 3.63) is 85.5 Å². The molecule has 190 valence electrons. The van der Waals surface area contributed by atoms with Crippen molar-refractivity contribution in [3.8, 4) is 17.6 Å². The highest BCUT2D eigenvalue weighted by Crippen LogP contribution is 2.35. The zero-order valence-electron chi connectivity index (χ0n) is 20.5. The molecule has 3 aromatic rings. The van der Waals surface area contributed by atoms with Gasteiger partial charge in [-0.3, -0.25) is 9.59 Å². The molecule has 0 fully saturated rings. The van der Waals surface area contributed by atoms with Gasteiger partial charge < -0.3 is 20.1 Å². The number of benzene rings is 3. The monoisotopic (exact) mass is 629 g/mol. The van der Waals surface area contributed by atoms with E-state index in [0.29, 0.717) is 37.9 Å². The first-order chi connectivity index (χ1) is 17.7. The Hall–Kier alpha value is -3.55. The smallest absolute Gasteiger partial charge is 0.266 e. The molecule has 3 rings (SSSR count). The Labute approximate surface area is 234 Å². The summed E-state index contributed by atoms with van der Waals surface area (Å²) in [6.45, 7) is 5.83. The lowest BCUT2D eigenvalue weighted by molar-refractivity contribution is -0.118. The number of para-hydroxylation sites is 1. The van der Waals surface area contributed by atoms with Crippen LogP contribution in [0.5, 0.6) is 11.5 Å². The van der Waals surface area contributed by atoms with Crippen molar-refractivity contribution in [2.45, 2.75) is 20.8 Å². The summed E-state index contributed by atoms with van der Waals surface area (Å²) in [6, 6.07) is 17.9. The predicted octanol–water partition coefficient (Wildman–Crippen LogP) is 6.52. The Morgan fingerprint density at radius 3 is 2.51 bits per heavy atom. The molecule has 0 aliphatic rings. The minimum absolute atomic E-state index is 0.111. The van der Waals surface area contributed by atoms with Crippen molar-refractivity contribution in [1.82, 2.24) is 0 Å². The number of hydrogen-bond donors (Lipinski definition) is 2. The highest BCUT2D eigenvalue weighted by atomic mass is 127. The van der Waals surface area contributed by atoms with Gasteiger partial charge in [-0.05, 0) is 96.5 Å². The van der Waals surface area contributed by atoms with Gasteiger partial charge in [0, 0.05) is 5.69 Å². The van der Waals surface area contributed by atoms with Crippen LogP contribution in [0.15, 0.2) is 60.2 Å². The Balaban J connectivity index is 1.79. The van der Waals surface area contributed by atoms with E-state index in [4.69, 9.17) is 21.1 Å². The fourth-order valence-corrected chi connectivity index (χ4v) is 4.30. The number of nitrogens with zero attached hydrogens (tertiary/aromatic N) is 1. The van der Waals surface area contributed by atoms with Gasteiger partial charge in [-0.1, -0.05) is 35.9 Å². The third kappa shape index (κ3) is 7.71. The molecular weight excluding hydrogens is 605 g/mol. The number of carbonyl (C=O) groups is 2. The highest BCUT2D eigenvalue weighted by molar-refractivity contribution is 14.1. The average Bonchev–Trinajstić information content (AvgIpc) is 2.85. The standard InChI is InChI=1S/C28H25ClIN3O4/c1-4-36-25-14-19(12-20(15-31)28(35)33-23-8-6-5-7-21(23)29)13-22(30)27(25)37-16-26(34)32-24-11-17(2)9-10-18(24)3/h5-14H,4,16H2,1-3H3,(H,32,34)(H,33,35)/b20-12+. The van der Waals surface area contributed by atoms with E-state index >= 15 is 0 Å². The number of amides is 2. The first-order valence-electron chi connectivity index (χ1n) is 11.4. The summed E-state index contributed by atoms with van der Waals surface area (Å²) in [7, 11) is 0. The van der Waals surface area contributed by atoms with Gasteiger partial charge in [0.25, 0.3) is 11.8 Å². The molecule has 0 aliphatic heterocycles. The second kappa shape index (κ2) is 13.1. The van der Waals surface area contributed by atoms with E-state index < -0.39 is 5.91 Å². The van der Waals surface area contributed by atoms with Crippen LogP contribution in [0.3, 0.4) is 0 Å². The van der Waals surface area contributed by atoms with Crippen LogP contribution in [0, 0.1) is 28.7 Å². The summed E-state index contributed by atoms with van der Waals surface area (Å²) in [6.07, 6.45) is 1.45. The number of aryl methyl sites for hydroxylation is 2. The van der Waals surface area contributed by atoms with E-state index in [9.17, 15) is 14.9 Å². The number of hydrogen-bond acceptors (Lipinski definition) is 5. The van der Waals surface area contributed by atoms with Gasteiger partial charge in [0.1, 0.15) is 11.6 Å². The van der Waals surface area contributed by atoms with Crippen molar-refractivity contribution >= 4 is 63.5 Å². The van der Waals surface area contributed by atoms with E-state index in [-0.39, 0.29) is 18.1 Å². The van der Waals surface area contributed by atoms with E-state index in [0.717, 1.165) is 16.8 Å². The van der Waals surface area contributed by atoms with E-state index in [1.54, 1.807) is 36.4 Å². The second-order valence-corrected chi connectivity index (χ2v) is 9.59. The average molecular weight is 630 g/mol. The fourth-order valence-electron chi connectivity index (χ4n) is 3.34. The quantitative estimate of drug-likeness (QED) is 0.159.